The average Bonchev–Trinajstić information content (AvgIpc) is 2.78. The van der Waals surface area contributed by atoms with Crippen LogP contribution in [0.4, 0.5) is 0 Å². The third-order valence-electron chi connectivity index (χ3n) is 3.27. The van der Waals surface area contributed by atoms with Gasteiger partial charge >= 0.3 is 0 Å². The Bertz CT molecular complexity index is 620. The van der Waals surface area contributed by atoms with Crippen LogP contribution in [0, 0.1) is 6.92 Å². The standard InChI is InChI=1S/C15H18BrN3O2/c1-11-6-4-5-7-14(11)21-10-15(20)18(2)9-13-12(16)8-17-19(13)3/h4-8H,9-10H2,1-3H3. The molecule has 0 fully saturated rings. The largest absolute Gasteiger partial charge is 0.484 e. The maximum atomic E-state index is 12.1. The molecule has 1 heterocycles. The molecular formula is C15H18BrN3O2. The summed E-state index contributed by atoms with van der Waals surface area (Å²) in [5, 5.41) is 4.13. The highest BCUT2D eigenvalue weighted by molar-refractivity contribution is 9.10. The normalized spacial score (nSPS) is 10.5. The summed E-state index contributed by atoms with van der Waals surface area (Å²) in [6.45, 7) is 2.46. The highest BCUT2D eigenvalue weighted by Gasteiger charge is 2.14. The lowest BCUT2D eigenvalue weighted by molar-refractivity contribution is -0.132. The zero-order valence-corrected chi connectivity index (χ0v) is 13.9. The van der Waals surface area contributed by atoms with Crippen LogP contribution in [0.15, 0.2) is 34.9 Å². The maximum absolute atomic E-state index is 12.1. The third kappa shape index (κ3) is 3.85. The number of hydrogen-bond acceptors (Lipinski definition) is 3. The fraction of sp³-hybridized carbons (Fsp3) is 0.333. The first kappa shape index (κ1) is 15.6. The van der Waals surface area contributed by atoms with Gasteiger partial charge in [0.2, 0.25) is 0 Å². The van der Waals surface area contributed by atoms with Gasteiger partial charge in [-0.15, -0.1) is 0 Å². The molecule has 2 aromatic rings. The first-order chi connectivity index (χ1) is 9.99. The Labute approximate surface area is 132 Å². The average molecular weight is 352 g/mol. The van der Waals surface area contributed by atoms with Gasteiger partial charge in [-0.3, -0.25) is 9.48 Å². The summed E-state index contributed by atoms with van der Waals surface area (Å²) in [7, 11) is 3.60. The fourth-order valence-corrected chi connectivity index (χ4v) is 2.37. The maximum Gasteiger partial charge on any atom is 0.260 e. The van der Waals surface area contributed by atoms with Gasteiger partial charge in [0.15, 0.2) is 6.61 Å². The zero-order chi connectivity index (χ0) is 15.4. The number of likely N-dealkylation sites (N-methyl/N-ethyl adjacent to an activating group) is 1. The summed E-state index contributed by atoms with van der Waals surface area (Å²) in [5.74, 6) is 0.660. The lowest BCUT2D eigenvalue weighted by atomic mass is 10.2. The number of aromatic nitrogens is 2. The highest BCUT2D eigenvalue weighted by Crippen LogP contribution is 2.18. The van der Waals surface area contributed by atoms with Crippen molar-refractivity contribution in [2.75, 3.05) is 13.7 Å². The quantitative estimate of drug-likeness (QED) is 0.831. The first-order valence-electron chi connectivity index (χ1n) is 6.58. The van der Waals surface area contributed by atoms with Gasteiger partial charge in [-0.1, -0.05) is 18.2 Å². The summed E-state index contributed by atoms with van der Waals surface area (Å²) in [5.41, 5.74) is 1.96. The van der Waals surface area contributed by atoms with Crippen LogP contribution in [0.1, 0.15) is 11.3 Å². The number of nitrogens with zero attached hydrogens (tertiary/aromatic N) is 3. The predicted octanol–water partition coefficient (Wildman–Crippen LogP) is 2.53. The van der Waals surface area contributed by atoms with Crippen LogP contribution < -0.4 is 4.74 Å². The molecule has 0 N–H and O–H groups in total. The van der Waals surface area contributed by atoms with Crippen LogP contribution in [-0.4, -0.2) is 34.2 Å². The van der Waals surface area contributed by atoms with Crippen LogP contribution in [-0.2, 0) is 18.4 Å². The van der Waals surface area contributed by atoms with Crippen molar-refractivity contribution in [3.63, 3.8) is 0 Å². The molecule has 1 aromatic heterocycles. The molecule has 0 unspecified atom stereocenters. The molecule has 0 saturated carbocycles. The smallest absolute Gasteiger partial charge is 0.260 e. The van der Waals surface area contributed by atoms with E-state index in [0.29, 0.717) is 6.54 Å². The molecule has 0 aliphatic heterocycles. The molecule has 0 aliphatic carbocycles. The van der Waals surface area contributed by atoms with Crippen LogP contribution in [0.5, 0.6) is 5.75 Å². The molecule has 5 nitrogen and oxygen atoms in total. The number of amides is 1. The van der Waals surface area contributed by atoms with E-state index in [1.54, 1.807) is 22.8 Å². The number of benzene rings is 1. The number of halogens is 1. The fourth-order valence-electron chi connectivity index (χ4n) is 1.89. The highest BCUT2D eigenvalue weighted by atomic mass is 79.9. The lowest BCUT2D eigenvalue weighted by Gasteiger charge is -2.18. The zero-order valence-electron chi connectivity index (χ0n) is 12.3. The van der Waals surface area contributed by atoms with E-state index in [0.717, 1.165) is 21.5 Å². The van der Waals surface area contributed by atoms with Crippen molar-refractivity contribution in [3.05, 3.63) is 46.2 Å². The molecular weight excluding hydrogens is 334 g/mol. The minimum atomic E-state index is -0.0775. The van der Waals surface area contributed by atoms with E-state index in [1.807, 2.05) is 38.2 Å². The second kappa shape index (κ2) is 6.76. The van der Waals surface area contributed by atoms with Crippen molar-refractivity contribution in [1.29, 1.82) is 0 Å². The SMILES string of the molecule is Cc1ccccc1OCC(=O)N(C)Cc1c(Br)cnn1C. The van der Waals surface area contributed by atoms with Crippen molar-refractivity contribution in [2.45, 2.75) is 13.5 Å². The van der Waals surface area contributed by atoms with E-state index in [2.05, 4.69) is 21.0 Å². The molecule has 0 spiro atoms. The second-order valence-electron chi connectivity index (χ2n) is 4.87. The van der Waals surface area contributed by atoms with Gasteiger partial charge < -0.3 is 9.64 Å². The van der Waals surface area contributed by atoms with Crippen LogP contribution in [0.2, 0.25) is 0 Å². The number of carbonyl (C=O) groups is 1. The number of ether oxygens (including phenoxy) is 1. The summed E-state index contributed by atoms with van der Waals surface area (Å²) < 4.78 is 8.21. The van der Waals surface area contributed by atoms with Gasteiger partial charge in [0.1, 0.15) is 5.75 Å². The van der Waals surface area contributed by atoms with Gasteiger partial charge in [0.05, 0.1) is 22.9 Å². The Balaban J connectivity index is 1.93. The van der Waals surface area contributed by atoms with Crippen molar-refractivity contribution < 1.29 is 9.53 Å². The summed E-state index contributed by atoms with van der Waals surface area (Å²) in [6.07, 6.45) is 1.72. The van der Waals surface area contributed by atoms with Gasteiger partial charge in [0.25, 0.3) is 5.91 Å². The van der Waals surface area contributed by atoms with E-state index < -0.39 is 0 Å². The second-order valence-corrected chi connectivity index (χ2v) is 5.72. The summed E-state index contributed by atoms with van der Waals surface area (Å²) in [4.78, 5) is 13.8. The molecule has 6 heteroatoms. The van der Waals surface area contributed by atoms with Crippen LogP contribution >= 0.6 is 15.9 Å². The number of carbonyl (C=O) groups excluding carboxylic acids is 1. The molecule has 1 aromatic carbocycles. The lowest BCUT2D eigenvalue weighted by Crippen LogP contribution is -2.31. The Hall–Kier alpha value is -1.82. The summed E-state index contributed by atoms with van der Waals surface area (Å²) in [6, 6.07) is 7.65. The molecule has 2 rings (SSSR count). The van der Waals surface area contributed by atoms with Crippen LogP contribution in [0.3, 0.4) is 0 Å². The van der Waals surface area contributed by atoms with Crippen molar-refractivity contribution in [2.24, 2.45) is 7.05 Å². The van der Waals surface area contributed by atoms with Gasteiger partial charge in [-0.05, 0) is 34.5 Å². The monoisotopic (exact) mass is 351 g/mol. The number of hydrogen-bond donors (Lipinski definition) is 0. The molecule has 112 valence electrons. The van der Waals surface area contributed by atoms with E-state index in [9.17, 15) is 4.79 Å². The molecule has 0 bridgehead atoms. The minimum Gasteiger partial charge on any atom is -0.484 e. The molecule has 0 atom stereocenters. The molecule has 21 heavy (non-hydrogen) atoms. The predicted molar refractivity (Wildman–Crippen MR) is 84.1 cm³/mol. The number of aryl methyl sites for hydroxylation is 2. The number of rotatable bonds is 5. The van der Waals surface area contributed by atoms with Gasteiger partial charge in [-0.25, -0.2) is 0 Å². The topological polar surface area (TPSA) is 47.4 Å². The number of para-hydroxylation sites is 1. The van der Waals surface area contributed by atoms with E-state index >= 15 is 0 Å². The Morgan fingerprint density at radius 1 is 1.43 bits per heavy atom. The third-order valence-corrected chi connectivity index (χ3v) is 3.93. The van der Waals surface area contributed by atoms with Crippen molar-refractivity contribution in [1.82, 2.24) is 14.7 Å². The van der Waals surface area contributed by atoms with Crippen LogP contribution in [0.25, 0.3) is 0 Å². The van der Waals surface area contributed by atoms with E-state index in [4.69, 9.17) is 4.74 Å². The molecule has 0 aliphatic rings. The van der Waals surface area contributed by atoms with E-state index in [1.165, 1.54) is 0 Å². The minimum absolute atomic E-state index is 0.0246. The molecule has 0 saturated heterocycles. The molecule has 0 radical (unpaired) electrons. The van der Waals surface area contributed by atoms with E-state index in [-0.39, 0.29) is 12.5 Å². The molecule has 1 amide bonds. The Morgan fingerprint density at radius 2 is 2.14 bits per heavy atom. The Kier molecular flexibility index (Phi) is 5.01. The Morgan fingerprint density at radius 3 is 2.76 bits per heavy atom. The van der Waals surface area contributed by atoms with Crippen molar-refractivity contribution >= 4 is 21.8 Å². The van der Waals surface area contributed by atoms with Crippen molar-refractivity contribution in [3.8, 4) is 5.75 Å². The summed E-state index contributed by atoms with van der Waals surface area (Å²) >= 11 is 3.43. The first-order valence-corrected chi connectivity index (χ1v) is 7.37. The van der Waals surface area contributed by atoms with Gasteiger partial charge in [-0.2, -0.15) is 5.10 Å². The van der Waals surface area contributed by atoms with Gasteiger partial charge in [0, 0.05) is 14.1 Å².